The fourth-order valence-corrected chi connectivity index (χ4v) is 5.84. The first-order valence-electron chi connectivity index (χ1n) is 13.5. The Bertz CT molecular complexity index is 1580. The number of methoxy groups -OCH3 is 1. The molecule has 3 rings (SSSR count). The molecule has 0 aliphatic rings. The molecule has 0 aromatic heterocycles. The number of carbonyl (C=O) groups excluding carboxylic acids is 2. The Morgan fingerprint density at radius 1 is 1.07 bits per heavy atom. The number of sulfonamides is 1. The number of anilines is 1. The molecule has 2 amide bonds. The van der Waals surface area contributed by atoms with Crippen LogP contribution in [-0.4, -0.2) is 55.8 Å². The monoisotopic (exact) mass is 630 g/mol. The van der Waals surface area contributed by atoms with E-state index < -0.39 is 39.3 Å². The Balaban J connectivity index is 2.10. The summed E-state index contributed by atoms with van der Waals surface area (Å²) in [6.45, 7) is 6.03. The van der Waals surface area contributed by atoms with Crippen molar-refractivity contribution in [3.05, 3.63) is 93.0 Å². The first-order valence-corrected chi connectivity index (χ1v) is 15.4. The van der Waals surface area contributed by atoms with Crippen LogP contribution in [-0.2, 0) is 26.2 Å². The molecule has 1 N–H and O–H groups in total. The van der Waals surface area contributed by atoms with E-state index in [4.69, 9.17) is 16.3 Å². The van der Waals surface area contributed by atoms with Crippen LogP contribution in [0.15, 0.2) is 71.6 Å². The van der Waals surface area contributed by atoms with E-state index in [2.05, 4.69) is 5.32 Å². The molecule has 0 spiro atoms. The van der Waals surface area contributed by atoms with Gasteiger partial charge in [-0.15, -0.1) is 0 Å². The van der Waals surface area contributed by atoms with Crippen molar-refractivity contribution in [1.29, 1.82) is 0 Å². The number of benzene rings is 3. The van der Waals surface area contributed by atoms with Gasteiger partial charge in [0.05, 0.1) is 22.6 Å². The van der Waals surface area contributed by atoms with Gasteiger partial charge in [-0.3, -0.25) is 24.0 Å². The highest BCUT2D eigenvalue weighted by atomic mass is 35.5. The number of amides is 2. The number of rotatable bonds is 13. The maximum absolute atomic E-state index is 14.0. The van der Waals surface area contributed by atoms with Crippen molar-refractivity contribution in [3.8, 4) is 5.75 Å². The van der Waals surface area contributed by atoms with Gasteiger partial charge in [-0.25, -0.2) is 8.42 Å². The molecule has 0 unspecified atom stereocenters. The molecule has 3 aromatic carbocycles. The maximum Gasteiger partial charge on any atom is 0.273 e. The number of nitro groups is 1. The molecule has 0 aliphatic carbocycles. The summed E-state index contributed by atoms with van der Waals surface area (Å²) in [5.74, 6) is -0.649. The van der Waals surface area contributed by atoms with E-state index in [1.165, 1.54) is 55.3 Å². The Morgan fingerprint density at radius 2 is 1.72 bits per heavy atom. The predicted molar refractivity (Wildman–Crippen MR) is 165 cm³/mol. The van der Waals surface area contributed by atoms with Crippen LogP contribution in [0.4, 0.5) is 11.4 Å². The normalized spacial score (nSPS) is 12.6. The lowest BCUT2D eigenvalue weighted by molar-refractivity contribution is -0.385. The highest BCUT2D eigenvalue weighted by Crippen LogP contribution is 2.30. The number of carbonyl (C=O) groups is 2. The van der Waals surface area contributed by atoms with Gasteiger partial charge in [0.15, 0.2) is 0 Å². The summed E-state index contributed by atoms with van der Waals surface area (Å²) in [6.07, 6.45) is 0.670. The first kappa shape index (κ1) is 33.3. The average Bonchev–Trinajstić information content (AvgIpc) is 2.98. The van der Waals surface area contributed by atoms with E-state index in [0.29, 0.717) is 22.8 Å². The third-order valence-electron chi connectivity index (χ3n) is 7.07. The van der Waals surface area contributed by atoms with Crippen molar-refractivity contribution in [1.82, 2.24) is 10.2 Å². The Kier molecular flexibility index (Phi) is 11.1. The zero-order valence-corrected chi connectivity index (χ0v) is 26.2. The summed E-state index contributed by atoms with van der Waals surface area (Å²) in [6, 6.07) is 15.2. The summed E-state index contributed by atoms with van der Waals surface area (Å²) < 4.78 is 34.1. The van der Waals surface area contributed by atoms with Crippen LogP contribution in [0, 0.1) is 17.0 Å². The summed E-state index contributed by atoms with van der Waals surface area (Å²) >= 11 is 6.39. The molecular formula is C30H35ClN4O7S. The van der Waals surface area contributed by atoms with Gasteiger partial charge in [0, 0.05) is 29.2 Å². The van der Waals surface area contributed by atoms with Gasteiger partial charge in [-0.1, -0.05) is 42.8 Å². The maximum atomic E-state index is 14.0. The van der Waals surface area contributed by atoms with Gasteiger partial charge in [0.2, 0.25) is 11.8 Å². The van der Waals surface area contributed by atoms with E-state index >= 15 is 0 Å². The van der Waals surface area contributed by atoms with Crippen LogP contribution in [0.3, 0.4) is 0 Å². The minimum atomic E-state index is -4.51. The third-order valence-corrected chi connectivity index (χ3v) is 9.21. The van der Waals surface area contributed by atoms with Crippen molar-refractivity contribution < 1.29 is 27.7 Å². The minimum Gasteiger partial charge on any atom is -0.497 e. The average molecular weight is 631 g/mol. The van der Waals surface area contributed by atoms with E-state index in [1.807, 2.05) is 13.8 Å². The predicted octanol–water partition coefficient (Wildman–Crippen LogP) is 5.09. The van der Waals surface area contributed by atoms with Crippen molar-refractivity contribution in [2.45, 2.75) is 57.6 Å². The van der Waals surface area contributed by atoms with Gasteiger partial charge in [-0.2, -0.15) is 0 Å². The van der Waals surface area contributed by atoms with Crippen LogP contribution in [0.25, 0.3) is 0 Å². The molecule has 0 saturated heterocycles. The molecule has 0 fully saturated rings. The molecule has 13 heteroatoms. The van der Waals surface area contributed by atoms with E-state index in [9.17, 15) is 28.1 Å². The molecule has 11 nitrogen and oxygen atoms in total. The van der Waals surface area contributed by atoms with Crippen LogP contribution in [0.5, 0.6) is 5.75 Å². The number of nitro benzene ring substituents is 1. The molecule has 3 aromatic rings. The number of hydrogen-bond donors (Lipinski definition) is 1. The minimum absolute atomic E-state index is 0.0693. The van der Waals surface area contributed by atoms with Crippen molar-refractivity contribution in [3.63, 3.8) is 0 Å². The molecule has 43 heavy (non-hydrogen) atoms. The van der Waals surface area contributed by atoms with Gasteiger partial charge >= 0.3 is 0 Å². The Labute approximate surface area is 256 Å². The van der Waals surface area contributed by atoms with E-state index in [0.717, 1.165) is 10.4 Å². The standard InChI is InChI=1S/C30H35ClN4O7S/c1-6-21(3)32-30(37)22(4)33(18-23-9-7-8-10-27(23)31)29(36)19-34(24-12-14-25(42-5)15-13-24)43(40,41)26-16-11-20(2)28(17-26)35(38)39/h7-17,21-22H,6,18-19H2,1-5H3,(H,32,37)/t21-,22-/m0/s1. The molecule has 0 radical (unpaired) electrons. The number of halogens is 1. The number of ether oxygens (including phenoxy) is 1. The number of aryl methyl sites for hydroxylation is 1. The topological polar surface area (TPSA) is 139 Å². The van der Waals surface area contributed by atoms with Crippen LogP contribution < -0.4 is 14.4 Å². The summed E-state index contributed by atoms with van der Waals surface area (Å²) in [7, 11) is -3.06. The largest absolute Gasteiger partial charge is 0.497 e. The highest BCUT2D eigenvalue weighted by molar-refractivity contribution is 7.92. The number of hydrogen-bond acceptors (Lipinski definition) is 7. The van der Waals surface area contributed by atoms with Crippen molar-refractivity contribution in [2.75, 3.05) is 18.0 Å². The fourth-order valence-electron chi connectivity index (χ4n) is 4.21. The molecular weight excluding hydrogens is 596 g/mol. The van der Waals surface area contributed by atoms with Crippen LogP contribution in [0.1, 0.15) is 38.3 Å². The van der Waals surface area contributed by atoms with Gasteiger partial charge in [0.25, 0.3) is 15.7 Å². The van der Waals surface area contributed by atoms with E-state index in [-0.39, 0.29) is 34.4 Å². The molecule has 2 atom stereocenters. The van der Waals surface area contributed by atoms with Gasteiger partial charge in [0.1, 0.15) is 18.3 Å². The van der Waals surface area contributed by atoms with Crippen LogP contribution in [0.2, 0.25) is 5.02 Å². The SMILES string of the molecule is CC[C@H](C)NC(=O)[C@H](C)N(Cc1ccccc1Cl)C(=O)CN(c1ccc(OC)cc1)S(=O)(=O)c1ccc(C)c([N+](=O)[O-])c1. The van der Waals surface area contributed by atoms with Crippen LogP contribution >= 0.6 is 11.6 Å². The molecule has 0 aliphatic heterocycles. The summed E-state index contributed by atoms with van der Waals surface area (Å²) in [4.78, 5) is 39.0. The van der Waals surface area contributed by atoms with E-state index in [1.54, 1.807) is 31.2 Å². The van der Waals surface area contributed by atoms with Crippen molar-refractivity contribution in [2.24, 2.45) is 0 Å². The Hall–Kier alpha value is -4.16. The highest BCUT2D eigenvalue weighted by Gasteiger charge is 2.34. The second kappa shape index (κ2) is 14.3. The second-order valence-corrected chi connectivity index (χ2v) is 12.3. The third kappa shape index (κ3) is 8.02. The molecule has 0 saturated carbocycles. The summed E-state index contributed by atoms with van der Waals surface area (Å²) in [5, 5.41) is 14.8. The molecule has 230 valence electrons. The Morgan fingerprint density at radius 3 is 2.30 bits per heavy atom. The molecule has 0 heterocycles. The number of nitrogens with one attached hydrogen (secondary N) is 1. The summed E-state index contributed by atoms with van der Waals surface area (Å²) in [5.41, 5.74) is 0.585. The molecule has 0 bridgehead atoms. The smallest absolute Gasteiger partial charge is 0.273 e. The first-order chi connectivity index (χ1) is 20.3. The zero-order chi connectivity index (χ0) is 31.9. The lowest BCUT2D eigenvalue weighted by Crippen LogP contribution is -2.52. The second-order valence-electron chi connectivity index (χ2n) is 10.0. The quantitative estimate of drug-likeness (QED) is 0.205. The fraction of sp³-hybridized carbons (Fsp3) is 0.333. The lowest BCUT2D eigenvalue weighted by Gasteiger charge is -2.32. The van der Waals surface area contributed by atoms with Gasteiger partial charge < -0.3 is 15.0 Å². The lowest BCUT2D eigenvalue weighted by atomic mass is 10.1. The number of nitrogens with zero attached hydrogens (tertiary/aromatic N) is 3. The van der Waals surface area contributed by atoms with Crippen molar-refractivity contribution >= 4 is 44.8 Å². The van der Waals surface area contributed by atoms with Gasteiger partial charge in [-0.05, 0) is 69.2 Å². The zero-order valence-electron chi connectivity index (χ0n) is 24.6.